The van der Waals surface area contributed by atoms with E-state index in [1.165, 1.54) is 7.11 Å². The summed E-state index contributed by atoms with van der Waals surface area (Å²) in [4.78, 5) is 44.1. The number of aromatic amines is 1. The van der Waals surface area contributed by atoms with E-state index in [1.807, 2.05) is 38.1 Å². The van der Waals surface area contributed by atoms with E-state index in [4.69, 9.17) is 4.74 Å². The lowest BCUT2D eigenvalue weighted by Crippen LogP contribution is -2.56. The fraction of sp³-hybridized carbons (Fsp3) is 0.476. The Balaban J connectivity index is 1.60. The van der Waals surface area contributed by atoms with Crippen molar-refractivity contribution in [2.45, 2.75) is 26.3 Å². The Kier molecular flexibility index (Phi) is 6.41. The summed E-state index contributed by atoms with van der Waals surface area (Å²) in [5, 5.41) is 3.68. The van der Waals surface area contributed by atoms with E-state index >= 15 is 0 Å². The van der Waals surface area contributed by atoms with Crippen LogP contribution in [0.2, 0.25) is 0 Å². The maximum absolute atomic E-state index is 12.9. The van der Waals surface area contributed by atoms with Crippen molar-refractivity contribution in [2.75, 3.05) is 33.3 Å². The first-order valence-electron chi connectivity index (χ1n) is 9.94. The number of H-pyrrole nitrogens is 1. The number of fused-ring (bicyclic) bond motifs is 1. The van der Waals surface area contributed by atoms with Gasteiger partial charge in [-0.25, -0.2) is 9.59 Å². The summed E-state index contributed by atoms with van der Waals surface area (Å²) in [7, 11) is 1.32. The largest absolute Gasteiger partial charge is 0.467 e. The lowest BCUT2D eigenvalue weighted by molar-refractivity contribution is -0.144. The van der Waals surface area contributed by atoms with E-state index in [0.717, 1.165) is 17.3 Å². The highest BCUT2D eigenvalue weighted by molar-refractivity contribution is 6.06. The molecule has 156 valence electrons. The van der Waals surface area contributed by atoms with Gasteiger partial charge in [0.2, 0.25) is 0 Å². The summed E-state index contributed by atoms with van der Waals surface area (Å²) in [5.74, 6) is -0.522. The van der Waals surface area contributed by atoms with E-state index in [-0.39, 0.29) is 17.9 Å². The second-order valence-electron chi connectivity index (χ2n) is 7.36. The first-order valence-corrected chi connectivity index (χ1v) is 9.94. The number of hydrogen-bond acceptors (Lipinski definition) is 4. The van der Waals surface area contributed by atoms with Crippen LogP contribution in [0.5, 0.6) is 0 Å². The van der Waals surface area contributed by atoms with Gasteiger partial charge in [0.1, 0.15) is 6.04 Å². The topological polar surface area (TPSA) is 94.7 Å². The maximum atomic E-state index is 12.9. The van der Waals surface area contributed by atoms with Crippen LogP contribution < -0.4 is 5.32 Å². The molecule has 1 saturated heterocycles. The molecule has 29 heavy (non-hydrogen) atoms. The molecule has 8 heteroatoms. The monoisotopic (exact) mass is 400 g/mol. The maximum Gasteiger partial charge on any atom is 0.328 e. The fourth-order valence-electron chi connectivity index (χ4n) is 3.55. The summed E-state index contributed by atoms with van der Waals surface area (Å²) < 4.78 is 4.82. The van der Waals surface area contributed by atoms with Crippen LogP contribution in [-0.2, 0) is 9.53 Å². The third kappa shape index (κ3) is 4.36. The summed E-state index contributed by atoms with van der Waals surface area (Å²) in [6.45, 7) is 5.57. The molecule has 8 nitrogen and oxygen atoms in total. The molecule has 1 aromatic heterocycles. The molecule has 3 rings (SSSR count). The van der Waals surface area contributed by atoms with Gasteiger partial charge in [0, 0.05) is 43.3 Å². The number of piperazine rings is 1. The van der Waals surface area contributed by atoms with Crippen molar-refractivity contribution in [1.82, 2.24) is 20.1 Å². The number of benzene rings is 1. The molecule has 1 aliphatic heterocycles. The number of nitrogens with one attached hydrogen (secondary N) is 2. The van der Waals surface area contributed by atoms with Gasteiger partial charge in [0.15, 0.2) is 0 Å². The van der Waals surface area contributed by atoms with Gasteiger partial charge in [0.25, 0.3) is 5.91 Å². The van der Waals surface area contributed by atoms with Crippen LogP contribution in [0.15, 0.2) is 30.5 Å². The van der Waals surface area contributed by atoms with Crippen molar-refractivity contribution in [3.05, 3.63) is 36.0 Å². The normalized spacial score (nSPS) is 16.4. The molecule has 1 unspecified atom stereocenters. The molecule has 2 aromatic rings. The lowest BCUT2D eigenvalue weighted by atomic mass is 9.99. The minimum absolute atomic E-state index is 0.0314. The molecular formula is C21H28N4O4. The summed E-state index contributed by atoms with van der Waals surface area (Å²) >= 11 is 0. The fourth-order valence-corrected chi connectivity index (χ4v) is 3.55. The van der Waals surface area contributed by atoms with E-state index in [9.17, 15) is 14.4 Å². The molecule has 1 aliphatic rings. The van der Waals surface area contributed by atoms with Crippen LogP contribution >= 0.6 is 0 Å². The molecular weight excluding hydrogens is 372 g/mol. The standard InChI is InChI=1S/C21H28N4O4/c1-4-14(2)18(20(27)29-3)23-21(28)25-11-9-24(10-12-25)19(26)16-13-22-17-8-6-5-7-15(16)17/h5-8,13-14,18,22H,4,9-12H2,1-3H3,(H,23,28)/t14?,18-/m1/s1. The van der Waals surface area contributed by atoms with Crippen LogP contribution in [0.25, 0.3) is 10.9 Å². The molecule has 2 atom stereocenters. The predicted molar refractivity (Wildman–Crippen MR) is 110 cm³/mol. The van der Waals surface area contributed by atoms with Crippen molar-refractivity contribution in [2.24, 2.45) is 5.92 Å². The van der Waals surface area contributed by atoms with Gasteiger partial charge in [-0.15, -0.1) is 0 Å². The minimum atomic E-state index is -0.677. The highest BCUT2D eigenvalue weighted by Crippen LogP contribution is 2.20. The average molecular weight is 400 g/mol. The van der Waals surface area contributed by atoms with E-state index < -0.39 is 12.0 Å². The van der Waals surface area contributed by atoms with E-state index in [1.54, 1.807) is 16.0 Å². The number of rotatable bonds is 5. The summed E-state index contributed by atoms with van der Waals surface area (Å²) in [6, 6.07) is 6.70. The number of aromatic nitrogens is 1. The highest BCUT2D eigenvalue weighted by atomic mass is 16.5. The zero-order chi connectivity index (χ0) is 21.0. The number of nitrogens with zero attached hydrogens (tertiary/aromatic N) is 2. The molecule has 2 N–H and O–H groups in total. The van der Waals surface area contributed by atoms with Crippen LogP contribution in [0.1, 0.15) is 30.6 Å². The Morgan fingerprint density at radius 3 is 2.45 bits per heavy atom. The van der Waals surface area contributed by atoms with Crippen molar-refractivity contribution >= 4 is 28.8 Å². The Hall–Kier alpha value is -3.03. The van der Waals surface area contributed by atoms with Crippen molar-refractivity contribution in [1.29, 1.82) is 0 Å². The summed E-state index contributed by atoms with van der Waals surface area (Å²) in [6.07, 6.45) is 2.48. The van der Waals surface area contributed by atoms with Crippen LogP contribution in [0.4, 0.5) is 4.79 Å². The van der Waals surface area contributed by atoms with Crippen molar-refractivity contribution < 1.29 is 19.1 Å². The molecule has 0 spiro atoms. The lowest BCUT2D eigenvalue weighted by Gasteiger charge is -2.35. The van der Waals surface area contributed by atoms with Gasteiger partial charge in [-0.05, 0) is 12.0 Å². The van der Waals surface area contributed by atoms with Crippen LogP contribution in [0.3, 0.4) is 0 Å². The van der Waals surface area contributed by atoms with Crippen molar-refractivity contribution in [3.8, 4) is 0 Å². The van der Waals surface area contributed by atoms with Gasteiger partial charge in [-0.3, -0.25) is 4.79 Å². The Bertz CT molecular complexity index is 886. The predicted octanol–water partition coefficient (Wildman–Crippen LogP) is 2.22. The molecule has 0 radical (unpaired) electrons. The zero-order valence-electron chi connectivity index (χ0n) is 17.1. The van der Waals surface area contributed by atoms with Crippen LogP contribution in [-0.4, -0.2) is 72.0 Å². The van der Waals surface area contributed by atoms with Gasteiger partial charge in [0.05, 0.1) is 12.7 Å². The Labute approximate surface area is 170 Å². The first-order chi connectivity index (χ1) is 14.0. The average Bonchev–Trinajstić information content (AvgIpc) is 3.20. The van der Waals surface area contributed by atoms with Crippen molar-refractivity contribution in [3.63, 3.8) is 0 Å². The molecule has 0 bridgehead atoms. The van der Waals surface area contributed by atoms with Crippen LogP contribution in [0, 0.1) is 5.92 Å². The molecule has 1 fully saturated rings. The van der Waals surface area contributed by atoms with E-state index in [0.29, 0.717) is 31.7 Å². The second-order valence-corrected chi connectivity index (χ2v) is 7.36. The molecule has 3 amide bonds. The quantitative estimate of drug-likeness (QED) is 0.753. The minimum Gasteiger partial charge on any atom is -0.467 e. The number of esters is 1. The number of para-hydroxylation sites is 1. The smallest absolute Gasteiger partial charge is 0.328 e. The Morgan fingerprint density at radius 1 is 1.14 bits per heavy atom. The SMILES string of the molecule is CCC(C)[C@@H](NC(=O)N1CCN(C(=O)c2c[nH]c3ccccc23)CC1)C(=O)OC. The Morgan fingerprint density at radius 2 is 1.79 bits per heavy atom. The number of carbonyl (C=O) groups is 3. The van der Waals surface area contributed by atoms with Gasteiger partial charge < -0.3 is 24.8 Å². The first kappa shape index (κ1) is 20.7. The molecule has 1 aromatic carbocycles. The van der Waals surface area contributed by atoms with Gasteiger partial charge >= 0.3 is 12.0 Å². The summed E-state index contributed by atoms with van der Waals surface area (Å²) in [5.41, 5.74) is 1.56. The number of amides is 3. The highest BCUT2D eigenvalue weighted by Gasteiger charge is 2.31. The number of carbonyl (C=O) groups excluding carboxylic acids is 3. The number of ether oxygens (including phenoxy) is 1. The third-order valence-corrected chi connectivity index (χ3v) is 5.62. The second kappa shape index (κ2) is 8.98. The van der Waals surface area contributed by atoms with Gasteiger partial charge in [-0.2, -0.15) is 0 Å². The molecule has 2 heterocycles. The van der Waals surface area contributed by atoms with E-state index in [2.05, 4.69) is 10.3 Å². The number of hydrogen-bond donors (Lipinski definition) is 2. The molecule has 0 aliphatic carbocycles. The third-order valence-electron chi connectivity index (χ3n) is 5.62. The zero-order valence-corrected chi connectivity index (χ0v) is 17.1. The van der Waals surface area contributed by atoms with Gasteiger partial charge in [-0.1, -0.05) is 38.5 Å². The number of urea groups is 1. The molecule has 0 saturated carbocycles. The number of methoxy groups -OCH3 is 1.